The largest absolute Gasteiger partial charge is 0.507 e. The molecule has 1 fully saturated rings. The number of aromatic amines is 1. The topological polar surface area (TPSA) is 114 Å². The molecule has 1 unspecified atom stereocenters. The van der Waals surface area contributed by atoms with E-state index in [9.17, 15) is 14.7 Å². The van der Waals surface area contributed by atoms with Crippen molar-refractivity contribution in [2.24, 2.45) is 0 Å². The Hall–Kier alpha value is -4.79. The molecular weight excluding hydrogens is 486 g/mol. The van der Waals surface area contributed by atoms with Gasteiger partial charge in [0.25, 0.3) is 5.78 Å². The lowest BCUT2D eigenvalue weighted by atomic mass is 9.94. The molecule has 5 rings (SSSR count). The highest BCUT2D eigenvalue weighted by molar-refractivity contribution is 6.51. The molecule has 1 amide bonds. The Morgan fingerprint density at radius 1 is 0.895 bits per heavy atom. The summed E-state index contributed by atoms with van der Waals surface area (Å²) in [5, 5.41) is 11.5. The molecule has 1 aliphatic heterocycles. The van der Waals surface area contributed by atoms with Crippen LogP contribution in [0.5, 0.6) is 17.2 Å². The smallest absolute Gasteiger partial charge is 0.302 e. The van der Waals surface area contributed by atoms with Crippen LogP contribution < -0.4 is 19.1 Å². The molecule has 9 heteroatoms. The van der Waals surface area contributed by atoms with E-state index < -0.39 is 17.7 Å². The summed E-state index contributed by atoms with van der Waals surface area (Å²) in [6.07, 6.45) is 0. The number of imidazole rings is 1. The van der Waals surface area contributed by atoms with Gasteiger partial charge in [0.05, 0.1) is 49.5 Å². The maximum atomic E-state index is 13.6. The Morgan fingerprint density at radius 2 is 1.58 bits per heavy atom. The Kier molecular flexibility index (Phi) is 6.28. The molecular formula is C29H27N3O6. The molecule has 0 aliphatic carbocycles. The number of fused-ring (bicyclic) bond motifs is 1. The number of hydrogen-bond acceptors (Lipinski definition) is 7. The molecule has 4 aromatic rings. The van der Waals surface area contributed by atoms with Crippen molar-refractivity contribution in [2.45, 2.75) is 19.9 Å². The number of nitrogens with zero attached hydrogens (tertiary/aromatic N) is 2. The van der Waals surface area contributed by atoms with Gasteiger partial charge in [0, 0.05) is 12.1 Å². The van der Waals surface area contributed by atoms with Crippen molar-refractivity contribution >= 4 is 34.4 Å². The molecule has 1 atom stereocenters. The molecule has 1 saturated heterocycles. The Balaban J connectivity index is 1.75. The van der Waals surface area contributed by atoms with Gasteiger partial charge >= 0.3 is 5.91 Å². The summed E-state index contributed by atoms with van der Waals surface area (Å²) in [7, 11) is 4.53. The van der Waals surface area contributed by atoms with Crippen LogP contribution in [-0.4, -0.2) is 48.1 Å². The quantitative estimate of drug-likeness (QED) is 0.216. The van der Waals surface area contributed by atoms with Gasteiger partial charge in [0.15, 0.2) is 11.5 Å². The van der Waals surface area contributed by atoms with Crippen molar-refractivity contribution in [2.75, 3.05) is 26.2 Å². The number of hydrogen-bond donors (Lipinski definition) is 2. The van der Waals surface area contributed by atoms with Crippen LogP contribution in [0.25, 0.3) is 16.8 Å². The molecule has 0 spiro atoms. The number of ether oxygens (including phenoxy) is 3. The number of H-pyrrole nitrogens is 1. The van der Waals surface area contributed by atoms with E-state index in [1.807, 2.05) is 44.2 Å². The Morgan fingerprint density at radius 3 is 2.26 bits per heavy atom. The van der Waals surface area contributed by atoms with E-state index in [-0.39, 0.29) is 17.3 Å². The number of methoxy groups -OCH3 is 3. The number of aliphatic hydroxyl groups excluding tert-OH is 1. The molecule has 3 aromatic carbocycles. The first-order valence-corrected chi connectivity index (χ1v) is 11.9. The number of carbonyl (C=O) groups is 2. The van der Waals surface area contributed by atoms with E-state index in [0.29, 0.717) is 39.4 Å². The van der Waals surface area contributed by atoms with Crippen molar-refractivity contribution in [3.8, 4) is 17.2 Å². The Bertz CT molecular complexity index is 1580. The van der Waals surface area contributed by atoms with E-state index in [2.05, 4.69) is 9.97 Å². The van der Waals surface area contributed by atoms with Gasteiger partial charge in [-0.25, -0.2) is 4.98 Å². The fourth-order valence-electron chi connectivity index (χ4n) is 4.80. The van der Waals surface area contributed by atoms with Gasteiger partial charge in [-0.15, -0.1) is 0 Å². The average Bonchev–Trinajstić information content (AvgIpc) is 3.44. The minimum absolute atomic E-state index is 0.0554. The average molecular weight is 514 g/mol. The van der Waals surface area contributed by atoms with Crippen molar-refractivity contribution in [3.63, 3.8) is 0 Å². The number of carbonyl (C=O) groups excluding carboxylic acids is 2. The molecule has 1 aliphatic rings. The van der Waals surface area contributed by atoms with Crippen LogP contribution in [0.2, 0.25) is 0 Å². The van der Waals surface area contributed by atoms with Gasteiger partial charge in [-0.2, -0.15) is 0 Å². The number of amides is 1. The highest BCUT2D eigenvalue weighted by atomic mass is 16.5. The van der Waals surface area contributed by atoms with Gasteiger partial charge in [0.2, 0.25) is 5.95 Å². The first kappa shape index (κ1) is 24.9. The first-order valence-electron chi connectivity index (χ1n) is 11.9. The summed E-state index contributed by atoms with van der Waals surface area (Å²) >= 11 is 0. The van der Waals surface area contributed by atoms with Gasteiger partial charge in [0.1, 0.15) is 11.5 Å². The summed E-state index contributed by atoms with van der Waals surface area (Å²) in [6, 6.07) is 15.2. The molecule has 1 aromatic heterocycles. The normalized spacial score (nSPS) is 16.8. The van der Waals surface area contributed by atoms with Gasteiger partial charge in [-0.05, 0) is 31.5 Å². The third-order valence-electron chi connectivity index (χ3n) is 6.62. The number of aryl methyl sites for hydroxylation is 2. The van der Waals surface area contributed by atoms with E-state index >= 15 is 0 Å². The zero-order valence-corrected chi connectivity index (χ0v) is 21.7. The molecule has 0 bridgehead atoms. The molecule has 38 heavy (non-hydrogen) atoms. The number of ketones is 1. The molecule has 9 nitrogen and oxygen atoms in total. The number of aromatic nitrogens is 2. The second-order valence-corrected chi connectivity index (χ2v) is 9.07. The van der Waals surface area contributed by atoms with Crippen LogP contribution in [0.3, 0.4) is 0 Å². The fraction of sp³-hybridized carbons (Fsp3) is 0.207. The second-order valence-electron chi connectivity index (χ2n) is 9.07. The van der Waals surface area contributed by atoms with Gasteiger partial charge in [-0.1, -0.05) is 41.5 Å². The lowest BCUT2D eigenvalue weighted by Gasteiger charge is -2.23. The first-order chi connectivity index (χ1) is 18.3. The summed E-state index contributed by atoms with van der Waals surface area (Å²) in [5.41, 5.74) is 3.80. The van der Waals surface area contributed by atoms with Crippen LogP contribution in [0.4, 0.5) is 5.95 Å². The number of rotatable bonds is 6. The van der Waals surface area contributed by atoms with Crippen molar-refractivity contribution in [1.82, 2.24) is 9.97 Å². The molecule has 2 N–H and O–H groups in total. The molecule has 2 heterocycles. The third kappa shape index (κ3) is 4.02. The van der Waals surface area contributed by atoms with Crippen LogP contribution in [0, 0.1) is 13.8 Å². The standard InChI is InChI=1S/C29H27N3O6/c1-15-7-6-8-17(11-15)25-24(26(33)18-12-16(2)9-10-21(18)36-3)27(34)28(35)32(25)29-30-19-13-22(37-4)23(38-5)14-20(19)31-29/h6-14,25,33H,1-5H3,(H,30,31)/b26-24+. The highest BCUT2D eigenvalue weighted by Crippen LogP contribution is 2.43. The Labute approximate surface area is 219 Å². The van der Waals surface area contributed by atoms with Crippen molar-refractivity contribution in [3.05, 3.63) is 82.4 Å². The number of benzene rings is 3. The maximum absolute atomic E-state index is 13.6. The number of aliphatic hydroxyl groups is 1. The van der Waals surface area contributed by atoms with E-state index in [0.717, 1.165) is 11.1 Å². The van der Waals surface area contributed by atoms with Crippen molar-refractivity contribution in [1.29, 1.82) is 0 Å². The SMILES string of the molecule is COc1cc2nc(N3C(=O)C(=O)/C(=C(/O)c4cc(C)ccc4OC)C3c3cccc(C)c3)[nH]c2cc1OC. The third-order valence-corrected chi connectivity index (χ3v) is 6.62. The van der Waals surface area contributed by atoms with Crippen LogP contribution >= 0.6 is 0 Å². The molecule has 0 radical (unpaired) electrons. The van der Waals surface area contributed by atoms with Gasteiger partial charge < -0.3 is 24.3 Å². The monoisotopic (exact) mass is 513 g/mol. The van der Waals surface area contributed by atoms with E-state index in [1.54, 1.807) is 24.3 Å². The molecule has 194 valence electrons. The van der Waals surface area contributed by atoms with Crippen LogP contribution in [-0.2, 0) is 9.59 Å². The lowest BCUT2D eigenvalue weighted by molar-refractivity contribution is -0.132. The van der Waals surface area contributed by atoms with E-state index in [1.165, 1.54) is 26.2 Å². The van der Waals surface area contributed by atoms with Gasteiger partial charge in [-0.3, -0.25) is 14.5 Å². The summed E-state index contributed by atoms with van der Waals surface area (Å²) in [6.45, 7) is 3.78. The predicted molar refractivity (Wildman–Crippen MR) is 143 cm³/mol. The minimum atomic E-state index is -0.940. The molecule has 0 saturated carbocycles. The van der Waals surface area contributed by atoms with Crippen molar-refractivity contribution < 1.29 is 28.9 Å². The van der Waals surface area contributed by atoms with Crippen LogP contribution in [0.1, 0.15) is 28.3 Å². The maximum Gasteiger partial charge on any atom is 0.302 e. The number of Topliss-reactive ketones (excluding diaryl/α,β-unsaturated/α-hetero) is 1. The number of nitrogens with one attached hydrogen (secondary N) is 1. The lowest BCUT2D eigenvalue weighted by Crippen LogP contribution is -2.30. The second kappa shape index (κ2) is 9.59. The van der Waals surface area contributed by atoms with E-state index in [4.69, 9.17) is 14.2 Å². The highest BCUT2D eigenvalue weighted by Gasteiger charge is 2.48. The summed E-state index contributed by atoms with van der Waals surface area (Å²) in [4.78, 5) is 36.1. The fourth-order valence-corrected chi connectivity index (χ4v) is 4.80. The van der Waals surface area contributed by atoms with Crippen LogP contribution in [0.15, 0.2) is 60.2 Å². The minimum Gasteiger partial charge on any atom is -0.507 e. The summed E-state index contributed by atoms with van der Waals surface area (Å²) in [5.74, 6) is -0.474. The predicted octanol–water partition coefficient (Wildman–Crippen LogP) is 4.83. The number of anilines is 1. The summed E-state index contributed by atoms with van der Waals surface area (Å²) < 4.78 is 16.2. The zero-order chi connectivity index (χ0) is 27.1. The zero-order valence-electron chi connectivity index (χ0n) is 21.7.